The smallest absolute Gasteiger partial charge is 0.285 e. The number of carbonyl (C=O) groups is 1. The first-order valence-corrected chi connectivity index (χ1v) is 9.37. The molecule has 1 aliphatic rings. The lowest BCUT2D eigenvalue weighted by Gasteiger charge is -2.12. The van der Waals surface area contributed by atoms with Crippen molar-refractivity contribution in [2.75, 3.05) is 13.2 Å². The second-order valence-electron chi connectivity index (χ2n) is 5.98. The van der Waals surface area contributed by atoms with Crippen molar-refractivity contribution in [2.24, 2.45) is 4.99 Å². The van der Waals surface area contributed by atoms with Gasteiger partial charge in [0.2, 0.25) is 5.88 Å². The Morgan fingerprint density at radius 3 is 3.08 bits per heavy atom. The largest absolute Gasteiger partial charge is 0.477 e. The molecule has 0 spiro atoms. The Balaban J connectivity index is 1.95. The molecule has 0 bridgehead atoms. The summed E-state index contributed by atoms with van der Waals surface area (Å²) >= 11 is 1.53. The first kappa shape index (κ1) is 17.8. The summed E-state index contributed by atoms with van der Waals surface area (Å²) in [6, 6.07) is 3.41. The lowest BCUT2D eigenvalue weighted by Crippen LogP contribution is -2.25. The van der Waals surface area contributed by atoms with Crippen LogP contribution in [0.5, 0.6) is 5.88 Å². The summed E-state index contributed by atoms with van der Waals surface area (Å²) in [6.07, 6.45) is 3.94. The highest BCUT2D eigenvalue weighted by atomic mass is 32.1. The minimum atomic E-state index is -0.334. The maximum absolute atomic E-state index is 12.7. The van der Waals surface area contributed by atoms with Crippen molar-refractivity contribution < 1.29 is 14.3 Å². The van der Waals surface area contributed by atoms with Crippen LogP contribution in [-0.4, -0.2) is 34.8 Å². The van der Waals surface area contributed by atoms with Gasteiger partial charge in [-0.2, -0.15) is 4.99 Å². The van der Waals surface area contributed by atoms with Crippen LogP contribution in [0.1, 0.15) is 40.7 Å². The molecule has 1 fully saturated rings. The Morgan fingerprint density at radius 2 is 2.36 bits per heavy atom. The van der Waals surface area contributed by atoms with Crippen LogP contribution in [0.3, 0.4) is 0 Å². The van der Waals surface area contributed by atoms with Gasteiger partial charge >= 0.3 is 0 Å². The summed E-state index contributed by atoms with van der Waals surface area (Å²) < 4.78 is 13.3. The topological polar surface area (TPSA) is 65.7 Å². The third kappa shape index (κ3) is 3.99. The van der Waals surface area contributed by atoms with Gasteiger partial charge in [-0.15, -0.1) is 11.3 Å². The van der Waals surface area contributed by atoms with E-state index in [1.807, 2.05) is 13.8 Å². The van der Waals surface area contributed by atoms with Gasteiger partial charge in [-0.1, -0.05) is 0 Å². The SMILES string of the molecule is CCOc1ncccc1C(=O)N=c1sc(C)c(C)n1CC1CCCO1. The molecule has 1 saturated heterocycles. The molecule has 1 aliphatic heterocycles. The molecular formula is C18H23N3O3S. The van der Waals surface area contributed by atoms with Crippen LogP contribution >= 0.6 is 11.3 Å². The van der Waals surface area contributed by atoms with Crippen LogP contribution in [0.2, 0.25) is 0 Å². The Morgan fingerprint density at radius 1 is 1.52 bits per heavy atom. The second kappa shape index (κ2) is 7.93. The van der Waals surface area contributed by atoms with Gasteiger partial charge in [-0.3, -0.25) is 4.79 Å². The van der Waals surface area contributed by atoms with E-state index in [-0.39, 0.29) is 12.0 Å². The van der Waals surface area contributed by atoms with E-state index < -0.39 is 0 Å². The van der Waals surface area contributed by atoms with Gasteiger partial charge in [0.15, 0.2) is 4.80 Å². The average molecular weight is 361 g/mol. The minimum absolute atomic E-state index is 0.194. The Bertz CT molecular complexity index is 819. The maximum Gasteiger partial charge on any atom is 0.285 e. The van der Waals surface area contributed by atoms with Gasteiger partial charge in [-0.25, -0.2) is 4.98 Å². The normalized spacial score (nSPS) is 17.9. The fraction of sp³-hybridized carbons (Fsp3) is 0.500. The molecule has 7 heteroatoms. The zero-order chi connectivity index (χ0) is 17.8. The van der Waals surface area contributed by atoms with Gasteiger partial charge in [0.25, 0.3) is 5.91 Å². The monoisotopic (exact) mass is 361 g/mol. The van der Waals surface area contributed by atoms with E-state index in [9.17, 15) is 4.79 Å². The number of amides is 1. The molecule has 0 radical (unpaired) electrons. The van der Waals surface area contributed by atoms with Crippen molar-refractivity contribution in [3.63, 3.8) is 0 Å². The van der Waals surface area contributed by atoms with E-state index in [0.717, 1.165) is 36.6 Å². The molecule has 25 heavy (non-hydrogen) atoms. The molecule has 134 valence electrons. The summed E-state index contributed by atoms with van der Waals surface area (Å²) in [5.41, 5.74) is 1.51. The zero-order valence-electron chi connectivity index (χ0n) is 14.8. The molecule has 0 saturated carbocycles. The lowest BCUT2D eigenvalue weighted by atomic mass is 10.2. The number of hydrogen-bond acceptors (Lipinski definition) is 5. The van der Waals surface area contributed by atoms with E-state index in [0.29, 0.717) is 22.9 Å². The molecule has 1 amide bonds. The molecule has 3 rings (SSSR count). The number of carbonyl (C=O) groups excluding carboxylic acids is 1. The van der Waals surface area contributed by atoms with E-state index >= 15 is 0 Å². The summed E-state index contributed by atoms with van der Waals surface area (Å²) in [6.45, 7) is 7.96. The molecule has 0 aromatic carbocycles. The van der Waals surface area contributed by atoms with Crippen LogP contribution < -0.4 is 9.54 Å². The Labute approximate surface area is 151 Å². The van der Waals surface area contributed by atoms with Crippen LogP contribution in [0, 0.1) is 13.8 Å². The number of ether oxygens (including phenoxy) is 2. The first-order chi connectivity index (χ1) is 12.1. The van der Waals surface area contributed by atoms with Gasteiger partial charge in [0.05, 0.1) is 19.3 Å². The highest BCUT2D eigenvalue weighted by Crippen LogP contribution is 2.18. The fourth-order valence-electron chi connectivity index (χ4n) is 2.84. The maximum atomic E-state index is 12.7. The standard InChI is InChI=1S/C18H23N3O3S/c1-4-23-17-15(8-5-9-19-17)16(22)20-18-21(12(2)13(3)25-18)11-14-7-6-10-24-14/h5,8-9,14H,4,6-7,10-11H2,1-3H3. The number of hydrogen-bond donors (Lipinski definition) is 0. The number of rotatable bonds is 5. The quantitative estimate of drug-likeness (QED) is 0.821. The van der Waals surface area contributed by atoms with Crippen molar-refractivity contribution in [1.82, 2.24) is 9.55 Å². The predicted octanol–water partition coefficient (Wildman–Crippen LogP) is 2.88. The molecular weight excluding hydrogens is 338 g/mol. The molecule has 2 aromatic heterocycles. The zero-order valence-corrected chi connectivity index (χ0v) is 15.6. The summed E-state index contributed by atoms with van der Waals surface area (Å²) in [7, 11) is 0. The fourth-order valence-corrected chi connectivity index (χ4v) is 3.82. The number of aryl methyl sites for hydroxylation is 1. The average Bonchev–Trinajstić information content (AvgIpc) is 3.20. The van der Waals surface area contributed by atoms with Crippen LogP contribution in [0.4, 0.5) is 0 Å². The van der Waals surface area contributed by atoms with Gasteiger partial charge in [0.1, 0.15) is 5.56 Å². The summed E-state index contributed by atoms with van der Waals surface area (Å²) in [5.74, 6) is -0.00619. The summed E-state index contributed by atoms with van der Waals surface area (Å²) in [4.78, 5) is 23.0. The third-order valence-corrected chi connectivity index (χ3v) is 5.38. The number of pyridine rings is 1. The molecule has 3 heterocycles. The number of nitrogens with zero attached hydrogens (tertiary/aromatic N) is 3. The Hall–Kier alpha value is -1.99. The molecule has 0 N–H and O–H groups in total. The highest BCUT2D eigenvalue weighted by Gasteiger charge is 2.19. The molecule has 6 nitrogen and oxygen atoms in total. The van der Waals surface area contributed by atoms with Crippen molar-refractivity contribution >= 4 is 17.2 Å². The summed E-state index contributed by atoms with van der Waals surface area (Å²) in [5, 5.41) is 0. The third-order valence-electron chi connectivity index (χ3n) is 4.28. The Kier molecular flexibility index (Phi) is 5.65. The van der Waals surface area contributed by atoms with Crippen molar-refractivity contribution in [2.45, 2.75) is 46.3 Å². The molecule has 1 unspecified atom stereocenters. The van der Waals surface area contributed by atoms with Crippen molar-refractivity contribution in [3.05, 3.63) is 39.3 Å². The van der Waals surface area contributed by atoms with Crippen molar-refractivity contribution in [3.8, 4) is 5.88 Å². The predicted molar refractivity (Wildman–Crippen MR) is 96.1 cm³/mol. The van der Waals surface area contributed by atoms with Gasteiger partial charge in [0, 0.05) is 23.4 Å². The van der Waals surface area contributed by atoms with Crippen LogP contribution in [0.25, 0.3) is 0 Å². The second-order valence-corrected chi connectivity index (χ2v) is 7.16. The van der Waals surface area contributed by atoms with Gasteiger partial charge in [-0.05, 0) is 45.7 Å². The van der Waals surface area contributed by atoms with Crippen molar-refractivity contribution in [1.29, 1.82) is 0 Å². The van der Waals surface area contributed by atoms with E-state index in [1.54, 1.807) is 18.3 Å². The number of aromatic nitrogens is 2. The lowest BCUT2D eigenvalue weighted by molar-refractivity contribution is 0.0944. The molecule has 1 atom stereocenters. The van der Waals surface area contributed by atoms with Gasteiger partial charge < -0.3 is 14.0 Å². The van der Waals surface area contributed by atoms with Crippen LogP contribution in [-0.2, 0) is 11.3 Å². The van der Waals surface area contributed by atoms with E-state index in [2.05, 4.69) is 21.5 Å². The highest BCUT2D eigenvalue weighted by molar-refractivity contribution is 7.09. The first-order valence-electron chi connectivity index (χ1n) is 8.55. The van der Waals surface area contributed by atoms with Crippen LogP contribution in [0.15, 0.2) is 23.3 Å². The minimum Gasteiger partial charge on any atom is -0.477 e. The van der Waals surface area contributed by atoms with E-state index in [4.69, 9.17) is 9.47 Å². The molecule has 0 aliphatic carbocycles. The van der Waals surface area contributed by atoms with E-state index in [1.165, 1.54) is 11.3 Å². The molecule has 2 aromatic rings. The number of thiazole rings is 1.